The topological polar surface area (TPSA) is 311 Å². The summed E-state index contributed by atoms with van der Waals surface area (Å²) in [6.07, 6.45) is 0.480. The van der Waals surface area contributed by atoms with E-state index in [0.717, 1.165) is 43.0 Å². The van der Waals surface area contributed by atoms with Gasteiger partial charge in [-0.3, -0.25) is 72.1 Å². The van der Waals surface area contributed by atoms with Crippen LogP contribution in [0.2, 0.25) is 0 Å². The van der Waals surface area contributed by atoms with Crippen molar-refractivity contribution in [1.29, 1.82) is 0 Å². The molecule has 0 aliphatic carbocycles. The Morgan fingerprint density at radius 2 is 1.29 bits per heavy atom. The van der Waals surface area contributed by atoms with Gasteiger partial charge in [0, 0.05) is 63.2 Å². The highest BCUT2D eigenvalue weighted by Crippen LogP contribution is 2.66. The van der Waals surface area contributed by atoms with Crippen LogP contribution in [0.1, 0.15) is 65.4 Å². The molecular formula is C47H61N5O18S3. The van der Waals surface area contributed by atoms with Gasteiger partial charge in [0.1, 0.15) is 13.2 Å². The van der Waals surface area contributed by atoms with Crippen LogP contribution in [0, 0.1) is 5.41 Å². The summed E-state index contributed by atoms with van der Waals surface area (Å²) >= 11 is 0.763. The van der Waals surface area contributed by atoms with Crippen molar-refractivity contribution in [2.45, 2.75) is 81.6 Å². The van der Waals surface area contributed by atoms with Gasteiger partial charge in [-0.05, 0) is 51.8 Å². The fourth-order valence-electron chi connectivity index (χ4n) is 7.43. The molecule has 400 valence electrons. The van der Waals surface area contributed by atoms with Crippen molar-refractivity contribution in [3.63, 3.8) is 0 Å². The zero-order valence-corrected chi connectivity index (χ0v) is 43.5. The number of carbonyl (C=O) groups excluding carboxylic acids is 13. The Labute approximate surface area is 433 Å². The second-order valence-electron chi connectivity index (χ2n) is 16.8. The Morgan fingerprint density at radius 3 is 1.82 bits per heavy atom. The van der Waals surface area contributed by atoms with Crippen molar-refractivity contribution in [1.82, 2.24) is 20.4 Å². The maximum absolute atomic E-state index is 14.0. The van der Waals surface area contributed by atoms with Gasteiger partial charge < -0.3 is 39.6 Å². The van der Waals surface area contributed by atoms with Crippen molar-refractivity contribution in [3.8, 4) is 0 Å². The lowest BCUT2D eigenvalue weighted by molar-refractivity contribution is -0.155. The van der Waals surface area contributed by atoms with Crippen molar-refractivity contribution >= 4 is 115 Å². The second kappa shape index (κ2) is 29.6. The molecule has 26 heteroatoms. The smallest absolute Gasteiger partial charge is 0.250 e. The number of rotatable bonds is 37. The molecule has 4 rings (SSSR count). The Balaban J connectivity index is 1.13. The lowest BCUT2D eigenvalue weighted by Gasteiger charge is -2.29. The number of carbonyl (C=O) groups is 13. The average molecular weight is 1080 g/mol. The van der Waals surface area contributed by atoms with Crippen molar-refractivity contribution < 1.29 is 86.0 Å². The number of anilines is 1. The van der Waals surface area contributed by atoms with Gasteiger partial charge in [-0.15, -0.1) is 11.8 Å². The Kier molecular flexibility index (Phi) is 24.5. The number of imide groups is 2. The van der Waals surface area contributed by atoms with Crippen LogP contribution in [0.5, 0.6) is 0 Å². The van der Waals surface area contributed by atoms with Crippen LogP contribution in [0.4, 0.5) is 5.69 Å². The number of hydrogen-bond donors (Lipinski definition) is 3. The van der Waals surface area contributed by atoms with Gasteiger partial charge in [-0.25, -0.2) is 0 Å². The molecule has 0 spiro atoms. The van der Waals surface area contributed by atoms with E-state index in [2.05, 4.69) is 16.0 Å². The molecule has 3 aliphatic heterocycles. The molecular weight excluding hydrogens is 1020 g/mol. The molecule has 0 radical (unpaired) electrons. The molecule has 1 aromatic rings. The number of Topliss-reactive ketones (excluding diaryl/α,β-unsaturated/α-hetero) is 6. The summed E-state index contributed by atoms with van der Waals surface area (Å²) in [6.45, 7) is 4.99. The van der Waals surface area contributed by atoms with Crippen LogP contribution in [-0.4, -0.2) is 193 Å². The average Bonchev–Trinajstić information content (AvgIpc) is 4.11. The van der Waals surface area contributed by atoms with Gasteiger partial charge in [0.05, 0.1) is 64.1 Å². The van der Waals surface area contributed by atoms with E-state index in [1.165, 1.54) is 33.4 Å². The minimum Gasteiger partial charge on any atom is -0.379 e. The fraction of sp³-hybridized carbons (Fsp3) is 0.596. The van der Waals surface area contributed by atoms with Crippen LogP contribution in [0.25, 0.3) is 0 Å². The van der Waals surface area contributed by atoms with Crippen molar-refractivity contribution in [3.05, 3.63) is 29.8 Å². The second-order valence-corrected chi connectivity index (χ2v) is 20.9. The van der Waals surface area contributed by atoms with Crippen LogP contribution in [0.3, 0.4) is 0 Å². The van der Waals surface area contributed by atoms with Crippen molar-refractivity contribution in [2.75, 3.05) is 96.8 Å². The Morgan fingerprint density at radius 1 is 0.712 bits per heavy atom. The first kappa shape index (κ1) is 60.3. The molecule has 3 N–H and O–H groups in total. The maximum Gasteiger partial charge on any atom is 0.250 e. The van der Waals surface area contributed by atoms with E-state index in [4.69, 9.17) is 23.7 Å². The molecule has 0 bridgehead atoms. The van der Waals surface area contributed by atoms with Crippen LogP contribution >= 0.6 is 33.3 Å². The van der Waals surface area contributed by atoms with Gasteiger partial charge in [0.15, 0.2) is 38.8 Å². The number of aryl methyl sites for hydroxylation is 1. The maximum atomic E-state index is 14.0. The SMILES string of the molecule is CC(=O)C1(C(=O)CCOCCOCCOCCOCCNC(=O)CCN2C(=O)CC(SC[C@H](NC(=O)COCC(=O)Nc3ccc(CCC(=O)N4CCC4=O)cc3)C(=O)C(C(C)=O)(C(C)=O)C(C)=O)C2=O)SS1. The molecule has 0 saturated carbocycles. The highest BCUT2D eigenvalue weighted by atomic mass is 33.2. The molecule has 3 aliphatic rings. The lowest BCUT2D eigenvalue weighted by Crippen LogP contribution is -2.58. The van der Waals surface area contributed by atoms with Gasteiger partial charge >= 0.3 is 0 Å². The van der Waals surface area contributed by atoms with E-state index in [9.17, 15) is 62.3 Å². The minimum atomic E-state index is -2.78. The van der Waals surface area contributed by atoms with E-state index in [0.29, 0.717) is 44.9 Å². The number of β-lactam (4-membered cyclic amide) rings is 1. The van der Waals surface area contributed by atoms with Gasteiger partial charge in [-0.1, -0.05) is 33.7 Å². The van der Waals surface area contributed by atoms with E-state index in [1.807, 2.05) is 0 Å². The predicted octanol–water partition coefficient (Wildman–Crippen LogP) is 0.213. The number of nitrogens with zero attached hydrogens (tertiary/aromatic N) is 2. The van der Waals surface area contributed by atoms with E-state index in [-0.39, 0.29) is 95.2 Å². The standard InChI is InChI=1S/C47H61N5O18S3/c1-29(53)46(30(2)54,31(3)55)44(64)35(50-40(60)27-70-26-39(59)49-34-8-5-33(6-9-34)7-10-41(61)51-16-12-42(51)62)28-71-36-25-43(63)52(45(36)65)15-11-38(58)48-14-18-67-20-22-69-24-23-68-21-19-66-17-13-37(57)47(32(4)56)72-73-47/h5-6,8-9,35-36H,7,10-28H2,1-4H3,(H,48,58)(H,49,59)(H,50,60)/t35-,36?/m0/s1. The number of hydrogen-bond acceptors (Lipinski definition) is 21. The van der Waals surface area contributed by atoms with Crippen LogP contribution < -0.4 is 16.0 Å². The van der Waals surface area contributed by atoms with Gasteiger partial charge in [0.2, 0.25) is 46.8 Å². The molecule has 73 heavy (non-hydrogen) atoms. The van der Waals surface area contributed by atoms with Gasteiger partial charge in [-0.2, -0.15) is 0 Å². The lowest BCUT2D eigenvalue weighted by atomic mass is 9.71. The summed E-state index contributed by atoms with van der Waals surface area (Å²) < 4.78 is 26.0. The highest BCUT2D eigenvalue weighted by molar-refractivity contribution is 8.94. The summed E-state index contributed by atoms with van der Waals surface area (Å²) in [7, 11) is 2.53. The van der Waals surface area contributed by atoms with Gasteiger partial charge in [0.25, 0.3) is 0 Å². The summed E-state index contributed by atoms with van der Waals surface area (Å²) in [5.41, 5.74) is -1.60. The summed E-state index contributed by atoms with van der Waals surface area (Å²) in [5.74, 6) is -9.14. The number of thioether (sulfide) groups is 1. The number of ketones is 6. The van der Waals surface area contributed by atoms with E-state index in [1.54, 1.807) is 24.3 Å². The highest BCUT2D eigenvalue weighted by Gasteiger charge is 2.57. The molecule has 1 aromatic carbocycles. The Bertz CT molecular complexity index is 2220. The zero-order chi connectivity index (χ0) is 53.7. The van der Waals surface area contributed by atoms with E-state index < -0.39 is 92.4 Å². The molecule has 7 amide bonds. The summed E-state index contributed by atoms with van der Waals surface area (Å²) in [5, 5.41) is 6.47. The largest absolute Gasteiger partial charge is 0.379 e. The molecule has 3 fully saturated rings. The molecule has 3 heterocycles. The summed E-state index contributed by atoms with van der Waals surface area (Å²) in [4.78, 5) is 166. The zero-order valence-electron chi connectivity index (χ0n) is 41.1. The Hall–Kier alpha value is -5.22. The number of amides is 7. The fourth-order valence-corrected chi connectivity index (χ4v) is 10.8. The molecule has 3 saturated heterocycles. The first-order valence-electron chi connectivity index (χ1n) is 23.4. The van der Waals surface area contributed by atoms with Crippen LogP contribution in [-0.2, 0) is 92.4 Å². The monoisotopic (exact) mass is 1080 g/mol. The minimum absolute atomic E-state index is 0.134. The third-order valence-corrected chi connectivity index (χ3v) is 15.9. The number of ether oxygens (including phenoxy) is 5. The summed E-state index contributed by atoms with van der Waals surface area (Å²) in [6, 6.07) is 4.84. The van der Waals surface area contributed by atoms with Crippen LogP contribution in [0.15, 0.2) is 24.3 Å². The molecule has 2 atom stereocenters. The number of likely N-dealkylation sites (tertiary alicyclic amines) is 2. The first-order chi connectivity index (χ1) is 34.7. The first-order valence-corrected chi connectivity index (χ1v) is 26.6. The quantitative estimate of drug-likeness (QED) is 0.0200. The number of benzene rings is 1. The van der Waals surface area contributed by atoms with Crippen molar-refractivity contribution in [2.24, 2.45) is 5.41 Å². The predicted molar refractivity (Wildman–Crippen MR) is 264 cm³/mol. The third-order valence-electron chi connectivity index (χ3n) is 11.6. The molecule has 0 aromatic heterocycles. The normalized spacial score (nSPS) is 16.3. The third kappa shape index (κ3) is 17.7. The molecule has 1 unspecified atom stereocenters. The molecule has 23 nitrogen and oxygen atoms in total. The van der Waals surface area contributed by atoms with E-state index >= 15 is 0 Å². The number of nitrogens with one attached hydrogen (secondary N) is 3.